The normalized spacial score (nSPS) is 18.8. The molecule has 9 heteroatoms. The standard InChI is InChI=1S/C23H30FN5O3/c1-23(2,3)32-22(31)28-13-7-8-18(28)21(30)25-15-10-11-17(24)16(14-15)20-27-26-19-9-5-4-6-12-29(19)20/h10-11,14,18H,4-9,12-13H2,1-3H3,(H,25,30). The van der Waals surface area contributed by atoms with Crippen molar-refractivity contribution >= 4 is 17.7 Å². The zero-order valence-electron chi connectivity index (χ0n) is 18.9. The molecule has 2 amide bonds. The molecule has 1 N–H and O–H groups in total. The molecule has 8 nitrogen and oxygen atoms in total. The zero-order chi connectivity index (χ0) is 22.9. The summed E-state index contributed by atoms with van der Waals surface area (Å²) < 4.78 is 22.1. The van der Waals surface area contributed by atoms with Gasteiger partial charge in [0.15, 0.2) is 5.82 Å². The van der Waals surface area contributed by atoms with Crippen LogP contribution in [-0.4, -0.2) is 49.9 Å². The maximum absolute atomic E-state index is 14.7. The van der Waals surface area contributed by atoms with Gasteiger partial charge in [0.2, 0.25) is 5.91 Å². The number of ether oxygens (including phenoxy) is 1. The quantitative estimate of drug-likeness (QED) is 0.770. The van der Waals surface area contributed by atoms with E-state index in [1.807, 2.05) is 4.57 Å². The molecule has 172 valence electrons. The van der Waals surface area contributed by atoms with Gasteiger partial charge in [-0.1, -0.05) is 6.42 Å². The minimum atomic E-state index is -0.636. The summed E-state index contributed by atoms with van der Waals surface area (Å²) in [5.74, 6) is 0.613. The van der Waals surface area contributed by atoms with E-state index < -0.39 is 23.6 Å². The van der Waals surface area contributed by atoms with E-state index in [0.29, 0.717) is 30.0 Å². The molecule has 1 fully saturated rings. The first-order valence-corrected chi connectivity index (χ1v) is 11.3. The molecule has 1 saturated heterocycles. The molecule has 2 aliphatic heterocycles. The van der Waals surface area contributed by atoms with Crippen molar-refractivity contribution in [1.82, 2.24) is 19.7 Å². The number of anilines is 1. The van der Waals surface area contributed by atoms with Gasteiger partial charge in [0, 0.05) is 25.2 Å². The lowest BCUT2D eigenvalue weighted by Crippen LogP contribution is -2.45. The van der Waals surface area contributed by atoms with Crippen molar-refractivity contribution in [2.75, 3.05) is 11.9 Å². The number of aryl methyl sites for hydroxylation is 1. The fourth-order valence-electron chi connectivity index (χ4n) is 4.26. The van der Waals surface area contributed by atoms with Crippen molar-refractivity contribution in [2.24, 2.45) is 0 Å². The van der Waals surface area contributed by atoms with Crippen molar-refractivity contribution in [1.29, 1.82) is 0 Å². The van der Waals surface area contributed by atoms with Gasteiger partial charge < -0.3 is 14.6 Å². The highest BCUT2D eigenvalue weighted by Gasteiger charge is 2.36. The van der Waals surface area contributed by atoms with Crippen molar-refractivity contribution in [3.8, 4) is 11.4 Å². The summed E-state index contributed by atoms with van der Waals surface area (Å²) in [5, 5.41) is 11.3. The molecule has 1 aromatic carbocycles. The van der Waals surface area contributed by atoms with E-state index in [4.69, 9.17) is 4.74 Å². The van der Waals surface area contributed by atoms with E-state index in [-0.39, 0.29) is 5.91 Å². The third-order valence-corrected chi connectivity index (χ3v) is 5.77. The Kier molecular flexibility index (Phi) is 6.17. The van der Waals surface area contributed by atoms with Crippen molar-refractivity contribution in [2.45, 2.75) is 77.5 Å². The Morgan fingerprint density at radius 2 is 1.94 bits per heavy atom. The van der Waals surface area contributed by atoms with Crippen molar-refractivity contribution < 1.29 is 18.7 Å². The van der Waals surface area contributed by atoms with Crippen molar-refractivity contribution in [3.63, 3.8) is 0 Å². The van der Waals surface area contributed by atoms with E-state index in [9.17, 15) is 14.0 Å². The van der Waals surface area contributed by atoms with Crippen LogP contribution in [0, 0.1) is 5.82 Å². The monoisotopic (exact) mass is 443 g/mol. The second kappa shape index (κ2) is 8.88. The number of amides is 2. The third kappa shape index (κ3) is 4.76. The smallest absolute Gasteiger partial charge is 0.410 e. The minimum Gasteiger partial charge on any atom is -0.444 e. The van der Waals surface area contributed by atoms with Crippen LogP contribution in [0.1, 0.15) is 58.7 Å². The van der Waals surface area contributed by atoms with Crippen LogP contribution in [-0.2, 0) is 22.5 Å². The van der Waals surface area contributed by atoms with Crippen LogP contribution in [0.15, 0.2) is 18.2 Å². The van der Waals surface area contributed by atoms with E-state index in [1.165, 1.54) is 17.0 Å². The summed E-state index contributed by atoms with van der Waals surface area (Å²) >= 11 is 0. The molecule has 0 bridgehead atoms. The first kappa shape index (κ1) is 22.2. The Labute approximate surface area is 187 Å². The molecule has 3 heterocycles. The highest BCUT2D eigenvalue weighted by Crippen LogP contribution is 2.28. The van der Waals surface area contributed by atoms with Crippen LogP contribution >= 0.6 is 0 Å². The highest BCUT2D eigenvalue weighted by atomic mass is 19.1. The van der Waals surface area contributed by atoms with Crippen molar-refractivity contribution in [3.05, 3.63) is 29.8 Å². The number of rotatable bonds is 3. The Balaban J connectivity index is 1.53. The Bertz CT molecular complexity index is 1010. The predicted molar refractivity (Wildman–Crippen MR) is 118 cm³/mol. The molecule has 0 radical (unpaired) electrons. The van der Waals surface area contributed by atoms with Crippen LogP contribution in [0.5, 0.6) is 0 Å². The summed E-state index contributed by atoms with van der Waals surface area (Å²) in [5.41, 5.74) is 0.121. The number of likely N-dealkylation sites (tertiary alicyclic amines) is 1. The maximum atomic E-state index is 14.7. The van der Waals surface area contributed by atoms with Crippen LogP contribution in [0.25, 0.3) is 11.4 Å². The molecular weight excluding hydrogens is 413 g/mol. The molecule has 0 spiro atoms. The number of carbonyl (C=O) groups is 2. The lowest BCUT2D eigenvalue weighted by molar-refractivity contribution is -0.120. The van der Waals surface area contributed by atoms with Gasteiger partial charge in [0.05, 0.1) is 5.56 Å². The molecule has 0 saturated carbocycles. The number of fused-ring (bicyclic) bond motifs is 1. The molecule has 32 heavy (non-hydrogen) atoms. The SMILES string of the molecule is CC(C)(C)OC(=O)N1CCCC1C(=O)Nc1ccc(F)c(-c2nnc3n2CCCCC3)c1. The average molecular weight is 444 g/mol. The van der Waals surface area contributed by atoms with Crippen LogP contribution in [0.3, 0.4) is 0 Å². The molecule has 2 aromatic rings. The second-order valence-corrected chi connectivity index (χ2v) is 9.42. The topological polar surface area (TPSA) is 89.3 Å². The van der Waals surface area contributed by atoms with Gasteiger partial charge in [-0.3, -0.25) is 9.69 Å². The first-order valence-electron chi connectivity index (χ1n) is 11.3. The van der Waals surface area contributed by atoms with E-state index >= 15 is 0 Å². The maximum Gasteiger partial charge on any atom is 0.410 e. The zero-order valence-corrected chi connectivity index (χ0v) is 18.9. The average Bonchev–Trinajstić information content (AvgIpc) is 3.30. The summed E-state index contributed by atoms with van der Waals surface area (Å²) in [6.45, 7) is 6.60. The lowest BCUT2D eigenvalue weighted by atomic mass is 10.1. The molecule has 0 aliphatic carbocycles. The van der Waals surface area contributed by atoms with Gasteiger partial charge in [-0.2, -0.15) is 0 Å². The van der Waals surface area contributed by atoms with Crippen LogP contribution < -0.4 is 5.32 Å². The number of hydrogen-bond donors (Lipinski definition) is 1. The van der Waals surface area contributed by atoms with Crippen LogP contribution in [0.2, 0.25) is 0 Å². The fourth-order valence-corrected chi connectivity index (χ4v) is 4.26. The van der Waals surface area contributed by atoms with E-state index in [2.05, 4.69) is 15.5 Å². The van der Waals surface area contributed by atoms with Gasteiger partial charge >= 0.3 is 6.09 Å². The Morgan fingerprint density at radius 3 is 2.72 bits per heavy atom. The summed E-state index contributed by atoms with van der Waals surface area (Å²) in [4.78, 5) is 26.9. The van der Waals surface area contributed by atoms with E-state index in [0.717, 1.165) is 44.5 Å². The summed E-state index contributed by atoms with van der Waals surface area (Å²) in [6.07, 6.45) is 4.75. The highest BCUT2D eigenvalue weighted by molar-refractivity contribution is 5.97. The van der Waals surface area contributed by atoms with Gasteiger partial charge in [-0.25, -0.2) is 9.18 Å². The Morgan fingerprint density at radius 1 is 1.12 bits per heavy atom. The minimum absolute atomic E-state index is 0.305. The van der Waals surface area contributed by atoms with E-state index in [1.54, 1.807) is 26.8 Å². The predicted octanol–water partition coefficient (Wildman–Crippen LogP) is 4.15. The largest absolute Gasteiger partial charge is 0.444 e. The molecule has 4 rings (SSSR count). The first-order chi connectivity index (χ1) is 15.2. The fraction of sp³-hybridized carbons (Fsp3) is 0.565. The number of hydrogen-bond acceptors (Lipinski definition) is 5. The molecule has 1 unspecified atom stereocenters. The van der Waals surface area contributed by atoms with Gasteiger partial charge in [0.25, 0.3) is 0 Å². The number of nitrogens with zero attached hydrogens (tertiary/aromatic N) is 4. The Hall–Kier alpha value is -2.97. The number of aromatic nitrogens is 3. The third-order valence-electron chi connectivity index (χ3n) is 5.77. The molecular formula is C23H30FN5O3. The summed E-state index contributed by atoms with van der Waals surface area (Å²) in [6, 6.07) is 3.80. The number of nitrogens with one attached hydrogen (secondary N) is 1. The van der Waals surface area contributed by atoms with Gasteiger partial charge in [0.1, 0.15) is 23.3 Å². The molecule has 1 aromatic heterocycles. The number of carbonyl (C=O) groups excluding carboxylic acids is 2. The molecule has 1 atom stereocenters. The van der Waals surface area contributed by atoms with Crippen LogP contribution in [0.4, 0.5) is 14.9 Å². The van der Waals surface area contributed by atoms with Gasteiger partial charge in [-0.15, -0.1) is 10.2 Å². The number of benzene rings is 1. The molecule has 2 aliphatic rings. The summed E-state index contributed by atoms with van der Waals surface area (Å²) in [7, 11) is 0. The second-order valence-electron chi connectivity index (χ2n) is 9.42. The van der Waals surface area contributed by atoms with Gasteiger partial charge in [-0.05, 0) is 64.7 Å². The lowest BCUT2D eigenvalue weighted by Gasteiger charge is -2.28. The number of halogens is 1.